The molecule has 0 spiro atoms. The van der Waals surface area contributed by atoms with Crippen molar-refractivity contribution < 1.29 is 38.1 Å². The van der Waals surface area contributed by atoms with E-state index in [0.717, 1.165) is 77.0 Å². The molecule has 51 heavy (non-hydrogen) atoms. The van der Waals surface area contributed by atoms with E-state index in [2.05, 4.69) is 72.3 Å². The molecule has 2 amide bonds. The highest BCUT2D eigenvalue weighted by molar-refractivity contribution is 5.82. The van der Waals surface area contributed by atoms with Crippen LogP contribution in [0.2, 0.25) is 0 Å². The van der Waals surface area contributed by atoms with E-state index in [9.17, 15) is 19.2 Å². The van der Waals surface area contributed by atoms with Crippen molar-refractivity contribution in [2.24, 2.45) is 33.0 Å². The van der Waals surface area contributed by atoms with Gasteiger partial charge in [-0.15, -0.1) is 0 Å². The number of hydrogen-bond donors (Lipinski definition) is 2. The first kappa shape index (κ1) is 37.7. The number of rotatable bonds is 13. The summed E-state index contributed by atoms with van der Waals surface area (Å²) >= 11 is 0. The average Bonchev–Trinajstić information content (AvgIpc) is 2.90. The predicted octanol–water partition coefficient (Wildman–Crippen LogP) is 8.08. The molecule has 0 heterocycles. The Kier molecular flexibility index (Phi) is 9.06. The molecule has 0 aliphatic heterocycles. The van der Waals surface area contributed by atoms with Crippen molar-refractivity contribution in [3.8, 4) is 0 Å². The number of carbonyl (C=O) groups excluding carboxylic acids is 4. The summed E-state index contributed by atoms with van der Waals surface area (Å²) in [4.78, 5) is 51.2. The fourth-order valence-electron chi connectivity index (χ4n) is 14.2. The Balaban J connectivity index is 0.969. The third-order valence-electron chi connectivity index (χ3n) is 13.1. The number of amides is 2. The minimum atomic E-state index is -0.663. The normalized spacial score (nSPS) is 42.0. The van der Waals surface area contributed by atoms with Crippen LogP contribution in [-0.2, 0) is 28.5 Å². The largest absolute Gasteiger partial charge is 0.456 e. The minimum absolute atomic E-state index is 0.0558. The van der Waals surface area contributed by atoms with Crippen LogP contribution in [0.25, 0.3) is 0 Å². The number of hydrogen-bond acceptors (Lipinski definition) is 8. The van der Waals surface area contributed by atoms with Crippen molar-refractivity contribution in [3.63, 3.8) is 0 Å². The Morgan fingerprint density at radius 1 is 0.608 bits per heavy atom. The van der Waals surface area contributed by atoms with Crippen LogP contribution in [0.4, 0.5) is 9.59 Å². The smallest absolute Gasteiger partial charge is 0.407 e. The molecule has 8 rings (SSSR count). The topological polar surface area (TPSA) is 129 Å². The van der Waals surface area contributed by atoms with Gasteiger partial charge in [0.15, 0.2) is 0 Å². The van der Waals surface area contributed by atoms with E-state index in [1.807, 2.05) is 0 Å². The fourth-order valence-corrected chi connectivity index (χ4v) is 14.2. The summed E-state index contributed by atoms with van der Waals surface area (Å²) in [6, 6.07) is 0. The maximum atomic E-state index is 13.3. The van der Waals surface area contributed by atoms with Crippen molar-refractivity contribution in [1.29, 1.82) is 0 Å². The molecule has 0 radical (unpaired) electrons. The lowest BCUT2D eigenvalue weighted by Gasteiger charge is -2.67. The maximum Gasteiger partial charge on any atom is 0.407 e. The molecule has 0 saturated heterocycles. The first-order valence-corrected chi connectivity index (χ1v) is 19.1. The molecule has 8 aliphatic rings. The second kappa shape index (κ2) is 12.3. The Hall–Kier alpha value is -3.04. The monoisotopic (exact) mass is 710 g/mol. The number of esters is 2. The van der Waals surface area contributed by atoms with E-state index < -0.39 is 46.5 Å². The number of nitrogens with one attached hydrogen (secondary N) is 2. The lowest BCUT2D eigenvalue weighted by Crippen LogP contribution is -2.68. The van der Waals surface area contributed by atoms with Gasteiger partial charge in [-0.3, -0.25) is 0 Å². The Morgan fingerprint density at radius 2 is 0.961 bits per heavy atom. The second-order valence-corrected chi connectivity index (χ2v) is 20.7. The van der Waals surface area contributed by atoms with Gasteiger partial charge in [0.25, 0.3) is 0 Å². The average molecular weight is 711 g/mol. The summed E-state index contributed by atoms with van der Waals surface area (Å²) in [5, 5.41) is 6.05. The molecular formula is C41H62N2O8. The van der Waals surface area contributed by atoms with Gasteiger partial charge in [0.05, 0.1) is 0 Å². The van der Waals surface area contributed by atoms with Crippen LogP contribution >= 0.6 is 0 Å². The van der Waals surface area contributed by atoms with Crippen LogP contribution in [0.1, 0.15) is 138 Å². The third kappa shape index (κ3) is 7.85. The summed E-state index contributed by atoms with van der Waals surface area (Å²) in [6.07, 6.45) is 12.6. The van der Waals surface area contributed by atoms with Gasteiger partial charge in [0.2, 0.25) is 0 Å². The van der Waals surface area contributed by atoms with Crippen molar-refractivity contribution >= 4 is 24.1 Å². The van der Waals surface area contributed by atoms with Crippen molar-refractivity contribution in [3.05, 3.63) is 25.3 Å². The van der Waals surface area contributed by atoms with E-state index in [1.165, 1.54) is 12.2 Å². The summed E-state index contributed by atoms with van der Waals surface area (Å²) in [5.74, 6) is -0.555. The standard InChI is InChI=1S/C41H62N2O8/c1-10-29(44)48-38-17-34(6)15-35(7,18-38)22-40(21-34,25-38)50-31(46)42-13-12-28(3)14-33(4,5)27-43-32(47)51-41-23-36(8)16-37(9,24-41)20-39(19-36,26-41)49-30(45)11-2/h10-11,28H,1-2,12-27H2,3-9H3,(H,42,46)(H,43,47). The molecule has 0 aromatic heterocycles. The van der Waals surface area contributed by atoms with Crippen LogP contribution in [0, 0.1) is 33.0 Å². The van der Waals surface area contributed by atoms with Gasteiger partial charge in [-0.25, -0.2) is 19.2 Å². The van der Waals surface area contributed by atoms with Gasteiger partial charge in [-0.1, -0.05) is 61.6 Å². The highest BCUT2D eigenvalue weighted by atomic mass is 16.6. The molecule has 8 fully saturated rings. The number of ether oxygens (including phenoxy) is 4. The van der Waals surface area contributed by atoms with E-state index in [-0.39, 0.29) is 33.0 Å². The highest BCUT2D eigenvalue weighted by Crippen LogP contribution is 2.71. The third-order valence-corrected chi connectivity index (χ3v) is 13.1. The zero-order valence-electron chi connectivity index (χ0n) is 32.2. The summed E-state index contributed by atoms with van der Waals surface area (Å²) in [5.41, 5.74) is -3.02. The maximum absolute atomic E-state index is 13.3. The van der Waals surface area contributed by atoms with Gasteiger partial charge in [0, 0.05) is 38.1 Å². The molecule has 10 heteroatoms. The van der Waals surface area contributed by atoms with Gasteiger partial charge < -0.3 is 29.6 Å². The number of carbonyl (C=O) groups is 4. The molecule has 0 aromatic carbocycles. The Bertz CT molecular complexity index is 1450. The lowest BCUT2D eigenvalue weighted by molar-refractivity contribution is -0.258. The SMILES string of the molecule is C=CC(=O)OC12CC3(C)CC(C)(C1)CC(OC(=O)NCCC(C)CC(C)(C)CNC(=O)OC14CC5(C)CC(C)(CC(OC(=O)C=C)(C5)C1)C4)(C3)C2. The molecule has 5 unspecified atom stereocenters. The van der Waals surface area contributed by atoms with E-state index >= 15 is 0 Å². The first-order chi connectivity index (χ1) is 23.5. The van der Waals surface area contributed by atoms with Crippen LogP contribution in [0.15, 0.2) is 25.3 Å². The summed E-state index contributed by atoms with van der Waals surface area (Å²) < 4.78 is 24.6. The Labute approximate surface area is 304 Å². The quantitative estimate of drug-likeness (QED) is 0.112. The summed E-state index contributed by atoms with van der Waals surface area (Å²) in [6.45, 7) is 23.5. The first-order valence-electron chi connectivity index (χ1n) is 19.1. The molecule has 2 N–H and O–H groups in total. The van der Waals surface area contributed by atoms with Gasteiger partial charge >= 0.3 is 24.1 Å². The van der Waals surface area contributed by atoms with Crippen LogP contribution in [-0.4, -0.2) is 59.6 Å². The molecule has 0 aromatic rings. The zero-order valence-corrected chi connectivity index (χ0v) is 32.2. The van der Waals surface area contributed by atoms with Crippen LogP contribution in [0.3, 0.4) is 0 Å². The lowest BCUT2D eigenvalue weighted by atomic mass is 9.42. The molecule has 284 valence electrons. The zero-order chi connectivity index (χ0) is 37.4. The molecular weight excluding hydrogens is 648 g/mol. The number of alkyl carbamates (subject to hydrolysis) is 2. The van der Waals surface area contributed by atoms with E-state index in [1.54, 1.807) is 0 Å². The van der Waals surface area contributed by atoms with Gasteiger partial charge in [0.1, 0.15) is 22.4 Å². The van der Waals surface area contributed by atoms with Crippen molar-refractivity contribution in [2.75, 3.05) is 13.1 Å². The highest BCUT2D eigenvalue weighted by Gasteiger charge is 2.70. The minimum Gasteiger partial charge on any atom is -0.456 e. The molecule has 10 nitrogen and oxygen atoms in total. The molecule has 8 aliphatic carbocycles. The molecule has 8 bridgehead atoms. The molecule has 8 saturated carbocycles. The van der Waals surface area contributed by atoms with Crippen molar-refractivity contribution in [1.82, 2.24) is 10.6 Å². The van der Waals surface area contributed by atoms with Gasteiger partial charge in [-0.05, 0) is 110 Å². The Morgan fingerprint density at radius 3 is 1.33 bits per heavy atom. The second-order valence-electron chi connectivity index (χ2n) is 20.7. The van der Waals surface area contributed by atoms with E-state index in [4.69, 9.17) is 18.9 Å². The van der Waals surface area contributed by atoms with Gasteiger partial charge in [-0.2, -0.15) is 0 Å². The van der Waals surface area contributed by atoms with E-state index in [0.29, 0.717) is 25.9 Å². The van der Waals surface area contributed by atoms with Crippen molar-refractivity contribution in [2.45, 2.75) is 161 Å². The molecule has 5 atom stereocenters. The van der Waals surface area contributed by atoms with Crippen LogP contribution in [0.5, 0.6) is 0 Å². The predicted molar refractivity (Wildman–Crippen MR) is 192 cm³/mol. The fraction of sp³-hybridized carbons (Fsp3) is 0.805. The summed E-state index contributed by atoms with van der Waals surface area (Å²) in [7, 11) is 0. The van der Waals surface area contributed by atoms with Crippen LogP contribution < -0.4 is 10.6 Å².